The molecule has 2 aromatic carbocycles. The summed E-state index contributed by atoms with van der Waals surface area (Å²) >= 11 is 0. The van der Waals surface area contributed by atoms with Gasteiger partial charge in [-0.2, -0.15) is 8.42 Å². The Balaban J connectivity index is 1.71. The fraction of sp³-hybridized carbons (Fsp3) is 0.368. The molecule has 0 saturated carbocycles. The van der Waals surface area contributed by atoms with Crippen LogP contribution < -0.4 is 18.7 Å². The van der Waals surface area contributed by atoms with Crippen LogP contribution >= 0.6 is 0 Å². The molecule has 2 aliphatic heterocycles. The molecule has 4 rings (SSSR count). The maximum atomic E-state index is 13.6. The molecule has 1 saturated heterocycles. The summed E-state index contributed by atoms with van der Waals surface area (Å²) in [4.78, 5) is 2.25. The number of piperazine rings is 1. The molecule has 0 atom stereocenters. The van der Waals surface area contributed by atoms with E-state index in [-0.39, 0.29) is 5.75 Å². The molecule has 7 nitrogen and oxygen atoms in total. The van der Waals surface area contributed by atoms with Crippen LogP contribution in [-0.2, 0) is 10.2 Å². The Labute approximate surface area is 164 Å². The van der Waals surface area contributed by atoms with Crippen LogP contribution in [0.3, 0.4) is 0 Å². The topological polar surface area (TPSA) is 65.1 Å². The first kappa shape index (κ1) is 19.0. The van der Waals surface area contributed by atoms with Gasteiger partial charge in [0.25, 0.3) is 0 Å². The zero-order chi connectivity index (χ0) is 19.7. The van der Waals surface area contributed by atoms with E-state index in [1.165, 1.54) is 33.9 Å². The van der Waals surface area contributed by atoms with Gasteiger partial charge in [0.05, 0.1) is 18.5 Å². The predicted octanol–water partition coefficient (Wildman–Crippen LogP) is 1.94. The van der Waals surface area contributed by atoms with E-state index in [2.05, 4.69) is 10.2 Å². The van der Waals surface area contributed by atoms with Crippen LogP contribution in [0.1, 0.15) is 0 Å². The summed E-state index contributed by atoms with van der Waals surface area (Å²) in [7, 11) is -2.47. The molecule has 0 radical (unpaired) electrons. The number of halogens is 1. The molecule has 1 fully saturated rings. The van der Waals surface area contributed by atoms with Gasteiger partial charge in [-0.3, -0.25) is 4.90 Å². The van der Waals surface area contributed by atoms with E-state index in [4.69, 9.17) is 4.74 Å². The number of rotatable bonds is 5. The smallest absolute Gasteiger partial charge is 0.331 e. The van der Waals surface area contributed by atoms with E-state index in [1.807, 2.05) is 6.07 Å². The van der Waals surface area contributed by atoms with Crippen molar-refractivity contribution in [3.8, 4) is 5.75 Å². The molecule has 1 N–H and O–H groups in total. The van der Waals surface area contributed by atoms with Gasteiger partial charge in [0.1, 0.15) is 17.3 Å². The highest BCUT2D eigenvalue weighted by atomic mass is 32.2. The molecule has 0 aliphatic carbocycles. The number of ether oxygens (including phenoxy) is 1. The minimum Gasteiger partial charge on any atom is -0.494 e. The lowest BCUT2D eigenvalue weighted by molar-refractivity contribution is 0.248. The Morgan fingerprint density at radius 1 is 1.04 bits per heavy atom. The van der Waals surface area contributed by atoms with E-state index < -0.39 is 16.0 Å². The molecular formula is C19H23FN4O3S. The lowest BCUT2D eigenvalue weighted by Gasteiger charge is -2.29. The zero-order valence-corrected chi connectivity index (χ0v) is 16.5. The highest BCUT2D eigenvalue weighted by molar-refractivity contribution is 7.95. The standard InChI is InChI=1S/C19H23FN4O3S/c1-27-19-14-15(20)6-7-18(19)24-17-5-3-2-4-16(17)23(28(24,25)26)13-12-22-10-8-21-9-11-22/h2-7,14,21H,8-13H2,1H3. The SMILES string of the molecule is COc1cc(F)ccc1N1c2ccccc2N(CCN2CCNCC2)S1(=O)=O. The molecule has 0 bridgehead atoms. The molecule has 9 heteroatoms. The molecule has 0 spiro atoms. The minimum absolute atomic E-state index is 0.169. The van der Waals surface area contributed by atoms with Crippen molar-refractivity contribution < 1.29 is 17.5 Å². The highest BCUT2D eigenvalue weighted by Gasteiger charge is 2.42. The highest BCUT2D eigenvalue weighted by Crippen LogP contribution is 2.47. The van der Waals surface area contributed by atoms with Gasteiger partial charge in [-0.05, 0) is 24.3 Å². The maximum absolute atomic E-state index is 13.6. The minimum atomic E-state index is -3.86. The molecule has 2 heterocycles. The van der Waals surface area contributed by atoms with Crippen molar-refractivity contribution >= 4 is 27.3 Å². The predicted molar refractivity (Wildman–Crippen MR) is 107 cm³/mol. The fourth-order valence-corrected chi connectivity index (χ4v) is 5.38. The van der Waals surface area contributed by atoms with Crippen molar-refractivity contribution in [1.29, 1.82) is 0 Å². The number of methoxy groups -OCH3 is 1. The quantitative estimate of drug-likeness (QED) is 0.822. The number of benzene rings is 2. The summed E-state index contributed by atoms with van der Waals surface area (Å²) in [5, 5.41) is 3.29. The van der Waals surface area contributed by atoms with Crippen molar-refractivity contribution in [2.24, 2.45) is 0 Å². The van der Waals surface area contributed by atoms with Crippen LogP contribution in [0.2, 0.25) is 0 Å². The number of hydrogen-bond donors (Lipinski definition) is 1. The molecule has 0 aromatic heterocycles. The molecule has 28 heavy (non-hydrogen) atoms. The second-order valence-electron chi connectivity index (χ2n) is 6.74. The maximum Gasteiger partial charge on any atom is 0.331 e. The number of anilines is 3. The van der Waals surface area contributed by atoms with Crippen LogP contribution in [-0.4, -0.2) is 59.7 Å². The van der Waals surface area contributed by atoms with E-state index in [0.717, 1.165) is 26.2 Å². The van der Waals surface area contributed by atoms with Gasteiger partial charge < -0.3 is 10.1 Å². The molecule has 0 unspecified atom stereocenters. The van der Waals surface area contributed by atoms with Gasteiger partial charge in [0.15, 0.2) is 0 Å². The number of nitrogens with one attached hydrogen (secondary N) is 1. The number of nitrogens with zero attached hydrogens (tertiary/aromatic N) is 3. The van der Waals surface area contributed by atoms with Gasteiger partial charge in [-0.1, -0.05) is 12.1 Å². The van der Waals surface area contributed by atoms with Crippen LogP contribution in [0.4, 0.5) is 21.5 Å². The summed E-state index contributed by atoms with van der Waals surface area (Å²) < 4.78 is 48.5. The monoisotopic (exact) mass is 406 g/mol. The second kappa shape index (κ2) is 7.57. The first-order chi connectivity index (χ1) is 13.5. The third kappa shape index (κ3) is 3.30. The summed E-state index contributed by atoms with van der Waals surface area (Å²) in [6.45, 7) is 4.59. The van der Waals surface area contributed by atoms with Crippen molar-refractivity contribution in [1.82, 2.24) is 10.2 Å². The fourth-order valence-electron chi connectivity index (χ4n) is 3.67. The van der Waals surface area contributed by atoms with Crippen molar-refractivity contribution in [2.75, 3.05) is 55.0 Å². The van der Waals surface area contributed by atoms with Crippen molar-refractivity contribution in [3.63, 3.8) is 0 Å². The van der Waals surface area contributed by atoms with Crippen LogP contribution in [0.5, 0.6) is 5.75 Å². The molecule has 150 valence electrons. The molecule has 0 amide bonds. The van der Waals surface area contributed by atoms with Gasteiger partial charge in [0.2, 0.25) is 0 Å². The van der Waals surface area contributed by atoms with Crippen LogP contribution in [0, 0.1) is 5.82 Å². The van der Waals surface area contributed by atoms with Crippen molar-refractivity contribution in [2.45, 2.75) is 0 Å². The van der Waals surface area contributed by atoms with E-state index in [0.29, 0.717) is 30.2 Å². The first-order valence-electron chi connectivity index (χ1n) is 9.21. The number of para-hydroxylation sites is 2. The van der Waals surface area contributed by atoms with Crippen LogP contribution in [0.25, 0.3) is 0 Å². The van der Waals surface area contributed by atoms with Gasteiger partial charge in [0, 0.05) is 45.3 Å². The van der Waals surface area contributed by atoms with Gasteiger partial charge >= 0.3 is 10.2 Å². The third-order valence-electron chi connectivity index (χ3n) is 5.07. The Morgan fingerprint density at radius 2 is 1.75 bits per heavy atom. The average molecular weight is 406 g/mol. The lowest BCUT2D eigenvalue weighted by Crippen LogP contribution is -2.47. The normalized spacial score (nSPS) is 18.9. The van der Waals surface area contributed by atoms with Gasteiger partial charge in [-0.25, -0.2) is 13.0 Å². The summed E-state index contributed by atoms with van der Waals surface area (Å²) in [6, 6.07) is 11.0. The largest absolute Gasteiger partial charge is 0.494 e. The lowest BCUT2D eigenvalue weighted by atomic mass is 10.2. The van der Waals surface area contributed by atoms with E-state index in [9.17, 15) is 12.8 Å². The third-order valence-corrected chi connectivity index (χ3v) is 6.86. The Morgan fingerprint density at radius 3 is 2.46 bits per heavy atom. The van der Waals surface area contributed by atoms with Gasteiger partial charge in [-0.15, -0.1) is 0 Å². The number of hydrogen-bond acceptors (Lipinski definition) is 5. The van der Waals surface area contributed by atoms with Crippen LogP contribution in [0.15, 0.2) is 42.5 Å². The Hall–Kier alpha value is -2.36. The van der Waals surface area contributed by atoms with E-state index in [1.54, 1.807) is 18.2 Å². The molecular weight excluding hydrogens is 383 g/mol. The Bertz CT molecular complexity index is 963. The number of fused-ring (bicyclic) bond motifs is 1. The Kier molecular flexibility index (Phi) is 5.13. The molecule has 2 aromatic rings. The second-order valence-corrected chi connectivity index (χ2v) is 8.44. The average Bonchev–Trinajstić information content (AvgIpc) is 2.93. The van der Waals surface area contributed by atoms with Crippen molar-refractivity contribution in [3.05, 3.63) is 48.3 Å². The summed E-state index contributed by atoms with van der Waals surface area (Å²) in [5.41, 5.74) is 1.44. The van der Waals surface area contributed by atoms with E-state index >= 15 is 0 Å². The zero-order valence-electron chi connectivity index (χ0n) is 15.6. The molecule has 2 aliphatic rings. The summed E-state index contributed by atoms with van der Waals surface area (Å²) in [6.07, 6.45) is 0. The first-order valence-corrected chi connectivity index (χ1v) is 10.6. The summed E-state index contributed by atoms with van der Waals surface area (Å²) in [5.74, 6) is -0.316.